The zero-order valence-corrected chi connectivity index (χ0v) is 9.13. The van der Waals surface area contributed by atoms with Crippen molar-refractivity contribution in [2.75, 3.05) is 6.54 Å². The summed E-state index contributed by atoms with van der Waals surface area (Å²) in [4.78, 5) is 4.06. The maximum Gasteiger partial charge on any atom is 0.0562 e. The van der Waals surface area contributed by atoms with Gasteiger partial charge in [0.25, 0.3) is 0 Å². The van der Waals surface area contributed by atoms with Gasteiger partial charge in [-0.25, -0.2) is 4.83 Å². The Balaban J connectivity index is 0.000000144. The van der Waals surface area contributed by atoms with Crippen molar-refractivity contribution in [1.29, 1.82) is 0 Å². The lowest BCUT2D eigenvalue weighted by molar-refractivity contribution is 0.917. The van der Waals surface area contributed by atoms with Crippen molar-refractivity contribution >= 4 is 18.2 Å². The minimum absolute atomic E-state index is 1.14. The van der Waals surface area contributed by atoms with Crippen LogP contribution in [0.1, 0.15) is 12.0 Å². The second kappa shape index (κ2) is 5.46. The maximum absolute atomic E-state index is 3.91. The molecule has 3 rings (SSSR count). The molecule has 2 heterocycles. The van der Waals surface area contributed by atoms with Crippen LogP contribution in [0.4, 0.5) is 0 Å². The monoisotopic (exact) mass is 219 g/mol. The molecule has 1 aromatic carbocycles. The summed E-state index contributed by atoms with van der Waals surface area (Å²) < 4.78 is 0. The number of rotatable bonds is 0. The summed E-state index contributed by atoms with van der Waals surface area (Å²) in [5.74, 6) is 0. The van der Waals surface area contributed by atoms with Crippen LogP contribution in [0, 0.1) is 0 Å². The number of benzene rings is 1. The molecule has 0 unspecified atom stereocenters. The number of fused-ring (bicyclic) bond motifs is 1. The molecule has 2 N–H and O–H groups in total. The van der Waals surface area contributed by atoms with E-state index in [1.54, 1.807) is 11.9 Å². The predicted molar refractivity (Wildman–Crippen MR) is 64.8 cm³/mol. The normalized spacial score (nSPS) is 15.7. The van der Waals surface area contributed by atoms with E-state index < -0.39 is 0 Å². The molecule has 78 valence electrons. The van der Waals surface area contributed by atoms with E-state index in [-0.39, 0.29) is 0 Å². The number of hydrogen-bond donors (Lipinski definition) is 2. The van der Waals surface area contributed by atoms with Gasteiger partial charge in [0.05, 0.1) is 6.21 Å². The highest BCUT2D eigenvalue weighted by Crippen LogP contribution is 2.20. The lowest BCUT2D eigenvalue weighted by Crippen LogP contribution is -2.01. The fourth-order valence-corrected chi connectivity index (χ4v) is 1.86. The molecule has 2 aliphatic rings. The molecule has 0 saturated heterocycles. The lowest BCUT2D eigenvalue weighted by Gasteiger charge is -2.07. The van der Waals surface area contributed by atoms with Crippen molar-refractivity contribution in [3.8, 4) is 0 Å². The van der Waals surface area contributed by atoms with Gasteiger partial charge in [0, 0.05) is 29.0 Å². The number of hydrogen-bond acceptors (Lipinski definition) is 4. The Morgan fingerprint density at radius 2 is 2.20 bits per heavy atom. The number of nitrogens with one attached hydrogen (secondary N) is 2. The van der Waals surface area contributed by atoms with E-state index in [0.29, 0.717) is 0 Å². The highest BCUT2D eigenvalue weighted by molar-refractivity contribution is 7.97. The van der Waals surface area contributed by atoms with Gasteiger partial charge in [-0.1, -0.05) is 24.3 Å². The minimum Gasteiger partial charge on any atom is -0.391 e. The highest BCUT2D eigenvalue weighted by Gasteiger charge is 2.01. The molecule has 2 aliphatic heterocycles. The molecule has 0 amide bonds. The summed E-state index contributed by atoms with van der Waals surface area (Å²) in [6.45, 7) is 1.14. The van der Waals surface area contributed by atoms with Crippen molar-refractivity contribution in [2.24, 2.45) is 5.10 Å². The van der Waals surface area contributed by atoms with Crippen LogP contribution < -0.4 is 10.1 Å². The van der Waals surface area contributed by atoms with Gasteiger partial charge in [-0.3, -0.25) is 0 Å². The lowest BCUT2D eigenvalue weighted by atomic mass is 10.2. The standard InChI is InChI=1S/C7H6N2S.C4H7N/c1-2-4-7-6(3-1)5-8-9-10-7;1-2-4-5-3-1/h1-5,9H;1,3,5H,2,4H2. The Bertz CT molecular complexity index is 368. The molecule has 0 atom stereocenters. The third-order valence-electron chi connectivity index (χ3n) is 2.02. The van der Waals surface area contributed by atoms with Gasteiger partial charge < -0.3 is 5.32 Å². The molecular weight excluding hydrogens is 206 g/mol. The van der Waals surface area contributed by atoms with Crippen LogP contribution in [0.15, 0.2) is 46.5 Å². The summed E-state index contributed by atoms with van der Waals surface area (Å²) in [6.07, 6.45) is 7.14. The minimum atomic E-state index is 1.14. The Kier molecular flexibility index (Phi) is 3.68. The van der Waals surface area contributed by atoms with Gasteiger partial charge in [0.2, 0.25) is 0 Å². The molecule has 0 saturated carbocycles. The Hall–Kier alpha value is -1.42. The van der Waals surface area contributed by atoms with E-state index in [1.807, 2.05) is 30.6 Å². The number of hydrazone groups is 1. The molecule has 0 bridgehead atoms. The molecule has 0 fully saturated rings. The first kappa shape index (κ1) is 10.1. The van der Waals surface area contributed by atoms with Crippen LogP contribution in [0.5, 0.6) is 0 Å². The third kappa shape index (κ3) is 3.02. The van der Waals surface area contributed by atoms with Crippen LogP contribution in [-0.2, 0) is 0 Å². The first-order valence-electron chi connectivity index (χ1n) is 4.89. The predicted octanol–water partition coefficient (Wildman–Crippen LogP) is 2.12. The van der Waals surface area contributed by atoms with Gasteiger partial charge in [-0.05, 0) is 18.7 Å². The van der Waals surface area contributed by atoms with Crippen LogP contribution in [0.3, 0.4) is 0 Å². The SMILES string of the molecule is C1=CNCC1.C1=NNSc2ccccc21. The third-order valence-corrected chi connectivity index (χ3v) is 2.81. The Labute approximate surface area is 93.8 Å². The van der Waals surface area contributed by atoms with Gasteiger partial charge in [0.15, 0.2) is 0 Å². The zero-order valence-electron chi connectivity index (χ0n) is 8.31. The maximum atomic E-state index is 3.91. The first-order chi connectivity index (χ1) is 7.47. The molecule has 4 heteroatoms. The summed E-state index contributed by atoms with van der Waals surface area (Å²) in [5.41, 5.74) is 1.19. The van der Waals surface area contributed by atoms with Gasteiger partial charge in [0.1, 0.15) is 0 Å². The largest absolute Gasteiger partial charge is 0.391 e. The smallest absolute Gasteiger partial charge is 0.0562 e. The highest BCUT2D eigenvalue weighted by atomic mass is 32.2. The second-order valence-corrected chi connectivity index (χ2v) is 3.96. The van der Waals surface area contributed by atoms with Gasteiger partial charge in [-0.2, -0.15) is 5.10 Å². The van der Waals surface area contributed by atoms with E-state index in [1.165, 1.54) is 16.9 Å². The Morgan fingerprint density at radius 1 is 1.27 bits per heavy atom. The van der Waals surface area contributed by atoms with Crippen molar-refractivity contribution in [3.05, 3.63) is 42.1 Å². The molecule has 0 aliphatic carbocycles. The molecular formula is C11H13N3S. The molecule has 0 radical (unpaired) electrons. The molecule has 0 aromatic heterocycles. The van der Waals surface area contributed by atoms with Gasteiger partial charge >= 0.3 is 0 Å². The fraction of sp³-hybridized carbons (Fsp3) is 0.182. The van der Waals surface area contributed by atoms with Crippen LogP contribution in [0.2, 0.25) is 0 Å². The Morgan fingerprint density at radius 3 is 2.87 bits per heavy atom. The molecule has 1 aromatic rings. The zero-order chi connectivity index (χ0) is 10.3. The summed E-state index contributed by atoms with van der Waals surface area (Å²) >= 11 is 1.54. The molecule has 0 spiro atoms. The van der Waals surface area contributed by atoms with Crippen molar-refractivity contribution < 1.29 is 0 Å². The van der Waals surface area contributed by atoms with Crippen LogP contribution in [0.25, 0.3) is 0 Å². The van der Waals surface area contributed by atoms with E-state index in [2.05, 4.69) is 27.4 Å². The molecule has 3 nitrogen and oxygen atoms in total. The van der Waals surface area contributed by atoms with Gasteiger partial charge in [-0.15, -0.1) is 0 Å². The van der Waals surface area contributed by atoms with Crippen LogP contribution in [-0.4, -0.2) is 12.8 Å². The average molecular weight is 219 g/mol. The average Bonchev–Trinajstić information content (AvgIpc) is 2.88. The van der Waals surface area contributed by atoms with Crippen molar-refractivity contribution in [3.63, 3.8) is 0 Å². The number of nitrogens with zero attached hydrogens (tertiary/aromatic N) is 1. The summed E-state index contributed by atoms with van der Waals surface area (Å²) in [6, 6.07) is 8.15. The van der Waals surface area contributed by atoms with E-state index >= 15 is 0 Å². The van der Waals surface area contributed by atoms with E-state index in [0.717, 1.165) is 6.54 Å². The van der Waals surface area contributed by atoms with Crippen LogP contribution >= 0.6 is 11.9 Å². The van der Waals surface area contributed by atoms with E-state index in [9.17, 15) is 0 Å². The summed E-state index contributed by atoms with van der Waals surface area (Å²) in [5, 5.41) is 6.95. The molecule has 15 heavy (non-hydrogen) atoms. The van der Waals surface area contributed by atoms with Crippen molar-refractivity contribution in [1.82, 2.24) is 10.1 Å². The second-order valence-electron chi connectivity index (χ2n) is 3.13. The quantitative estimate of drug-likeness (QED) is 0.656. The van der Waals surface area contributed by atoms with E-state index in [4.69, 9.17) is 0 Å². The summed E-state index contributed by atoms with van der Waals surface area (Å²) in [7, 11) is 0. The topological polar surface area (TPSA) is 36.4 Å². The van der Waals surface area contributed by atoms with Crippen molar-refractivity contribution in [2.45, 2.75) is 11.3 Å². The first-order valence-corrected chi connectivity index (χ1v) is 5.71. The fourth-order valence-electron chi connectivity index (χ4n) is 1.27.